The van der Waals surface area contributed by atoms with E-state index in [1.165, 1.54) is 0 Å². The summed E-state index contributed by atoms with van der Waals surface area (Å²) in [5.74, 6) is 0. The Labute approximate surface area is 76.1 Å². The van der Waals surface area contributed by atoms with Gasteiger partial charge in [-0.3, -0.25) is 4.90 Å². The topological polar surface area (TPSA) is 70.6 Å². The minimum atomic E-state index is -3.10. The second-order valence-electron chi connectivity index (χ2n) is 3.37. The second-order valence-corrected chi connectivity index (χ2v) is 4.49. The Balaban J connectivity index is 2.08. The molecule has 2 bridgehead atoms. The lowest BCUT2D eigenvalue weighted by Gasteiger charge is -2.28. The lowest BCUT2D eigenvalue weighted by molar-refractivity contribution is -1.63. The Morgan fingerprint density at radius 1 is 1.67 bits per heavy atom. The summed E-state index contributed by atoms with van der Waals surface area (Å²) in [7, 11) is 1.89. The summed E-state index contributed by atoms with van der Waals surface area (Å²) in [6, 6.07) is 0.400. The standard InChI is InChI=1S/C6H11BrN2O3/c1-9-3-5-2-6(9,4-8-5)12-7(10)11/h5,8H,2-4H2,1H3. The maximum absolute atomic E-state index is 10.5. The van der Waals surface area contributed by atoms with E-state index in [9.17, 15) is 8.40 Å². The van der Waals surface area contributed by atoms with Gasteiger partial charge in [-0.05, 0) is 7.05 Å². The van der Waals surface area contributed by atoms with E-state index in [0.717, 1.165) is 13.0 Å². The SMILES string of the molecule is CN1CC2CC1(O[Br+2]([O-])[O-])CN2. The van der Waals surface area contributed by atoms with Crippen molar-refractivity contribution in [1.29, 1.82) is 0 Å². The monoisotopic (exact) mass is 238 g/mol. The van der Waals surface area contributed by atoms with Gasteiger partial charge in [0.25, 0.3) is 0 Å². The zero-order valence-corrected chi connectivity index (χ0v) is 8.33. The number of fused-ring (bicyclic) bond motifs is 2. The van der Waals surface area contributed by atoms with Crippen molar-refractivity contribution >= 4 is 0 Å². The Bertz CT molecular complexity index is 192. The predicted octanol–water partition coefficient (Wildman–Crippen LogP) is -2.91. The van der Waals surface area contributed by atoms with Crippen molar-refractivity contribution in [3.05, 3.63) is 0 Å². The molecule has 6 heteroatoms. The molecule has 2 heterocycles. The molecule has 2 saturated heterocycles. The average Bonchev–Trinajstić information content (AvgIpc) is 2.42. The van der Waals surface area contributed by atoms with Gasteiger partial charge in [-0.15, -0.1) is 0 Å². The van der Waals surface area contributed by atoms with Crippen LogP contribution in [0.2, 0.25) is 0 Å². The van der Waals surface area contributed by atoms with Gasteiger partial charge < -0.3 is 13.7 Å². The summed E-state index contributed by atoms with van der Waals surface area (Å²) in [5.41, 5.74) is -0.566. The summed E-state index contributed by atoms with van der Waals surface area (Å²) >= 11 is -3.10. The number of rotatable bonds is 2. The highest BCUT2D eigenvalue weighted by Gasteiger charge is 2.57. The van der Waals surface area contributed by atoms with E-state index in [2.05, 4.69) is 5.32 Å². The maximum atomic E-state index is 10.5. The highest BCUT2D eigenvalue weighted by Crippen LogP contribution is 2.34. The maximum Gasteiger partial charge on any atom is 0.439 e. The second kappa shape index (κ2) is 2.90. The fourth-order valence-corrected chi connectivity index (χ4v) is 2.97. The molecule has 1 N–H and O–H groups in total. The number of halogens is 1. The van der Waals surface area contributed by atoms with Crippen LogP contribution in [0.1, 0.15) is 6.42 Å². The summed E-state index contributed by atoms with van der Waals surface area (Å²) < 4.78 is 25.9. The van der Waals surface area contributed by atoms with Gasteiger partial charge in [0.2, 0.25) is 5.72 Å². The van der Waals surface area contributed by atoms with Crippen LogP contribution in [0.15, 0.2) is 0 Å². The first-order chi connectivity index (χ1) is 5.62. The molecule has 12 heavy (non-hydrogen) atoms. The molecule has 0 spiro atoms. The van der Waals surface area contributed by atoms with Crippen LogP contribution >= 0.6 is 0 Å². The molecule has 2 aliphatic rings. The van der Waals surface area contributed by atoms with Gasteiger partial charge in [-0.1, -0.05) is 0 Å². The molecule has 2 unspecified atom stereocenters. The summed E-state index contributed by atoms with van der Waals surface area (Å²) in [4.78, 5) is 1.97. The normalized spacial score (nSPS) is 41.5. The molecular formula is C6H11BrN2O3. The van der Waals surface area contributed by atoms with Crippen LogP contribution in [0.4, 0.5) is 0 Å². The lowest BCUT2D eigenvalue weighted by Crippen LogP contribution is -2.56. The van der Waals surface area contributed by atoms with Gasteiger partial charge in [0.1, 0.15) is 0 Å². The number of hydrogen-bond donors (Lipinski definition) is 1. The minimum Gasteiger partial charge on any atom is -0.372 e. The Morgan fingerprint density at radius 3 is 2.83 bits per heavy atom. The van der Waals surface area contributed by atoms with Gasteiger partial charge in [0.15, 0.2) is 0 Å². The number of likely N-dealkylation sites (tertiary alicyclic amines) is 1. The third-order valence-corrected chi connectivity index (χ3v) is 3.50. The largest absolute Gasteiger partial charge is 0.439 e. The third kappa shape index (κ3) is 1.28. The number of hydrogen-bond acceptors (Lipinski definition) is 5. The molecule has 0 aromatic rings. The summed E-state index contributed by atoms with van der Waals surface area (Å²) in [6.07, 6.45) is 0.780. The van der Waals surface area contributed by atoms with Crippen LogP contribution in [0.25, 0.3) is 0 Å². The highest BCUT2D eigenvalue weighted by molar-refractivity contribution is 5.01. The zero-order valence-electron chi connectivity index (χ0n) is 6.75. The van der Waals surface area contributed by atoms with E-state index in [1.54, 1.807) is 0 Å². The Hall–Kier alpha value is 0.280. The smallest absolute Gasteiger partial charge is 0.372 e. The van der Waals surface area contributed by atoms with Crippen molar-refractivity contribution in [3.63, 3.8) is 0 Å². The molecule has 5 nitrogen and oxygen atoms in total. The molecule has 2 rings (SSSR count). The molecule has 0 radical (unpaired) electrons. The molecule has 2 atom stereocenters. The predicted molar refractivity (Wildman–Crippen MR) is 32.9 cm³/mol. The van der Waals surface area contributed by atoms with Crippen molar-refractivity contribution in [3.8, 4) is 0 Å². The van der Waals surface area contributed by atoms with Gasteiger partial charge >= 0.3 is 14.8 Å². The first-order valence-electron chi connectivity index (χ1n) is 3.82. The minimum absolute atomic E-state index is 0.400. The van der Waals surface area contributed by atoms with E-state index in [1.807, 2.05) is 11.9 Å². The molecule has 2 fully saturated rings. The van der Waals surface area contributed by atoms with Crippen molar-refractivity contribution < 1.29 is 27.0 Å². The zero-order chi connectivity index (χ0) is 8.77. The van der Waals surface area contributed by atoms with E-state index in [-0.39, 0.29) is 0 Å². The molecular weight excluding hydrogens is 228 g/mol. The summed E-state index contributed by atoms with van der Waals surface area (Å²) in [6.45, 7) is 1.49. The van der Waals surface area contributed by atoms with Crippen LogP contribution < -0.4 is 13.7 Å². The number of likely N-dealkylation sites (N-methyl/N-ethyl adjacent to an activating group) is 1. The van der Waals surface area contributed by atoms with Gasteiger partial charge in [-0.25, -0.2) is 0 Å². The third-order valence-electron chi connectivity index (χ3n) is 2.63. The van der Waals surface area contributed by atoms with Crippen molar-refractivity contribution in [2.75, 3.05) is 20.1 Å². The van der Waals surface area contributed by atoms with Crippen LogP contribution in [0, 0.1) is 14.8 Å². The van der Waals surface area contributed by atoms with E-state index in [4.69, 9.17) is 3.83 Å². The van der Waals surface area contributed by atoms with Gasteiger partial charge in [0.05, 0.1) is 0 Å². The van der Waals surface area contributed by atoms with Crippen molar-refractivity contribution in [2.45, 2.75) is 18.2 Å². The molecule has 0 aromatic heterocycles. The molecule has 0 aliphatic carbocycles. The van der Waals surface area contributed by atoms with Crippen molar-refractivity contribution in [2.24, 2.45) is 0 Å². The summed E-state index contributed by atoms with van der Waals surface area (Å²) in [5, 5.41) is 3.20. The van der Waals surface area contributed by atoms with Gasteiger partial charge in [0, 0.05) is 29.4 Å². The van der Waals surface area contributed by atoms with Crippen molar-refractivity contribution in [1.82, 2.24) is 10.2 Å². The fraction of sp³-hybridized carbons (Fsp3) is 1.00. The molecule has 0 amide bonds. The Kier molecular flexibility index (Phi) is 2.14. The number of nitrogens with one attached hydrogen (secondary N) is 1. The van der Waals surface area contributed by atoms with Crippen LogP contribution in [-0.2, 0) is 3.83 Å². The first kappa shape index (κ1) is 8.86. The molecule has 0 saturated carbocycles. The van der Waals surface area contributed by atoms with E-state index >= 15 is 0 Å². The van der Waals surface area contributed by atoms with Gasteiger partial charge in [-0.2, -0.15) is 0 Å². The quantitative estimate of drug-likeness (QED) is 0.559. The molecule has 0 aromatic carbocycles. The molecule has 2 aliphatic heterocycles. The number of nitrogens with zero attached hydrogens (tertiary/aromatic N) is 1. The van der Waals surface area contributed by atoms with Crippen LogP contribution in [0.5, 0.6) is 0 Å². The highest BCUT2D eigenvalue weighted by atomic mass is 80.0. The fourth-order valence-electron chi connectivity index (χ4n) is 1.98. The Morgan fingerprint density at radius 2 is 2.42 bits per heavy atom. The molecule has 70 valence electrons. The van der Waals surface area contributed by atoms with Crippen LogP contribution in [0.3, 0.4) is 0 Å². The van der Waals surface area contributed by atoms with E-state index < -0.39 is 20.5 Å². The van der Waals surface area contributed by atoms with Crippen LogP contribution in [-0.4, -0.2) is 36.8 Å². The first-order valence-corrected chi connectivity index (χ1v) is 5.76. The average molecular weight is 239 g/mol. The van der Waals surface area contributed by atoms with E-state index in [0.29, 0.717) is 12.6 Å². The lowest BCUT2D eigenvalue weighted by atomic mass is 10.2. The number of piperazine rings is 1.